The van der Waals surface area contributed by atoms with Crippen LogP contribution in [0.25, 0.3) is 0 Å². The van der Waals surface area contributed by atoms with Crippen LogP contribution in [-0.2, 0) is 14.4 Å². The molecule has 0 aliphatic heterocycles. The molecule has 0 aromatic rings. The molecule has 0 spiro atoms. The summed E-state index contributed by atoms with van der Waals surface area (Å²) in [5, 5.41) is 5.83. The lowest BCUT2D eigenvalue weighted by Crippen LogP contribution is -2.68. The Morgan fingerprint density at radius 2 is 2.00 bits per heavy atom. The number of nitrogens with one attached hydrogen (secondary N) is 2. The fraction of sp³-hybridized carbons (Fsp3) is 0.706. The summed E-state index contributed by atoms with van der Waals surface area (Å²) in [6, 6.07) is 0. The van der Waals surface area contributed by atoms with Gasteiger partial charge in [-0.05, 0) is 51.9 Å². The molecule has 2 aliphatic carbocycles. The number of aldehydes is 1. The molecule has 5 heteroatoms. The summed E-state index contributed by atoms with van der Waals surface area (Å²) in [5.41, 5.74) is -2.35. The zero-order valence-electron chi connectivity index (χ0n) is 13.9. The molecule has 2 rings (SSSR count). The Labute approximate surface area is 131 Å². The normalized spacial score (nSPS) is 36.2. The van der Waals surface area contributed by atoms with Gasteiger partial charge in [-0.1, -0.05) is 6.08 Å². The smallest absolute Gasteiger partial charge is 0.247 e. The highest BCUT2D eigenvalue weighted by atomic mass is 16.2. The molecule has 2 unspecified atom stereocenters. The van der Waals surface area contributed by atoms with Gasteiger partial charge in [-0.15, -0.1) is 6.58 Å². The number of hydrogen-bond donors (Lipinski definition) is 2. The van der Waals surface area contributed by atoms with Crippen molar-refractivity contribution in [3.8, 4) is 0 Å². The van der Waals surface area contributed by atoms with Crippen LogP contribution >= 0.6 is 0 Å². The third kappa shape index (κ3) is 2.36. The minimum atomic E-state index is -1.16. The van der Waals surface area contributed by atoms with Crippen LogP contribution in [0.4, 0.5) is 0 Å². The first-order chi connectivity index (χ1) is 10.1. The summed E-state index contributed by atoms with van der Waals surface area (Å²) in [6.45, 7) is 10.8. The maximum absolute atomic E-state index is 13.1. The molecule has 22 heavy (non-hydrogen) atoms. The lowest BCUT2D eigenvalue weighted by molar-refractivity contribution is -0.141. The average Bonchev–Trinajstić information content (AvgIpc) is 3.02. The van der Waals surface area contributed by atoms with Gasteiger partial charge in [-0.25, -0.2) is 0 Å². The van der Waals surface area contributed by atoms with E-state index in [0.717, 1.165) is 12.7 Å². The van der Waals surface area contributed by atoms with Crippen molar-refractivity contribution in [1.82, 2.24) is 10.6 Å². The van der Waals surface area contributed by atoms with Crippen molar-refractivity contribution in [1.29, 1.82) is 0 Å². The zero-order chi connectivity index (χ0) is 16.8. The van der Waals surface area contributed by atoms with E-state index in [1.165, 1.54) is 6.92 Å². The van der Waals surface area contributed by atoms with Crippen LogP contribution in [0, 0.1) is 17.3 Å². The van der Waals surface area contributed by atoms with Crippen LogP contribution in [0.2, 0.25) is 0 Å². The molecule has 0 aromatic carbocycles. The number of allylic oxidation sites excluding steroid dienone is 1. The second kappa shape index (κ2) is 5.21. The van der Waals surface area contributed by atoms with E-state index >= 15 is 0 Å². The van der Waals surface area contributed by atoms with Crippen molar-refractivity contribution < 1.29 is 14.4 Å². The highest BCUT2D eigenvalue weighted by Gasteiger charge is 2.77. The van der Waals surface area contributed by atoms with E-state index in [-0.39, 0.29) is 23.7 Å². The number of rotatable bonds is 5. The molecule has 2 saturated carbocycles. The summed E-state index contributed by atoms with van der Waals surface area (Å²) in [7, 11) is 0. The van der Waals surface area contributed by atoms with Gasteiger partial charge in [0.05, 0.1) is 5.41 Å². The van der Waals surface area contributed by atoms with Crippen molar-refractivity contribution in [2.75, 3.05) is 0 Å². The Hall–Kier alpha value is -1.65. The van der Waals surface area contributed by atoms with Crippen LogP contribution in [0.3, 0.4) is 0 Å². The molecule has 2 amide bonds. The van der Waals surface area contributed by atoms with E-state index in [0.29, 0.717) is 12.8 Å². The molecule has 5 nitrogen and oxygen atoms in total. The maximum atomic E-state index is 13.1. The molecular formula is C17H26N2O3. The average molecular weight is 306 g/mol. The van der Waals surface area contributed by atoms with Gasteiger partial charge in [0.2, 0.25) is 11.8 Å². The summed E-state index contributed by atoms with van der Waals surface area (Å²) in [5.74, 6) is -0.464. The first-order valence-electron chi connectivity index (χ1n) is 7.81. The number of fused-ring (bicyclic) bond motifs is 1. The third-order valence-electron chi connectivity index (χ3n) is 4.95. The van der Waals surface area contributed by atoms with Gasteiger partial charge in [-0.2, -0.15) is 0 Å². The molecule has 4 atom stereocenters. The Morgan fingerprint density at radius 3 is 2.45 bits per heavy atom. The topological polar surface area (TPSA) is 75.3 Å². The number of carbonyl (C=O) groups is 3. The number of carbonyl (C=O) groups excluding carboxylic acids is 3. The van der Waals surface area contributed by atoms with Crippen molar-refractivity contribution in [3.63, 3.8) is 0 Å². The molecule has 0 aromatic heterocycles. The van der Waals surface area contributed by atoms with Crippen LogP contribution in [0.5, 0.6) is 0 Å². The predicted molar refractivity (Wildman–Crippen MR) is 84.0 cm³/mol. The minimum Gasteiger partial charge on any atom is -0.349 e. The van der Waals surface area contributed by atoms with E-state index in [2.05, 4.69) is 17.2 Å². The first-order valence-corrected chi connectivity index (χ1v) is 7.81. The molecule has 0 heterocycles. The molecule has 2 aliphatic rings. The van der Waals surface area contributed by atoms with Crippen molar-refractivity contribution in [2.24, 2.45) is 17.3 Å². The Balaban J connectivity index is 2.49. The van der Waals surface area contributed by atoms with Gasteiger partial charge < -0.3 is 15.4 Å². The molecule has 2 N–H and O–H groups in total. The van der Waals surface area contributed by atoms with Gasteiger partial charge in [0, 0.05) is 12.5 Å². The number of amides is 2. The lowest BCUT2D eigenvalue weighted by atomic mass is 9.73. The van der Waals surface area contributed by atoms with E-state index in [4.69, 9.17) is 0 Å². The lowest BCUT2D eigenvalue weighted by Gasteiger charge is -2.42. The van der Waals surface area contributed by atoms with Crippen molar-refractivity contribution in [3.05, 3.63) is 12.7 Å². The standard InChI is InChI=1S/C17H26N2O3/c1-6-7-12-8-13-9-16(13,10-20)17(12,18-11(2)21)14(22)19-15(3,4)5/h6,10,12-13H,1,7-9H2,2-5H3,(H,18,21)(H,19,22)/t12?,13-,16-,17?/m1/s1. The van der Waals surface area contributed by atoms with E-state index in [9.17, 15) is 14.4 Å². The summed E-state index contributed by atoms with van der Waals surface area (Å²) < 4.78 is 0. The van der Waals surface area contributed by atoms with Gasteiger partial charge in [-0.3, -0.25) is 9.59 Å². The fourth-order valence-corrected chi connectivity index (χ4v) is 4.13. The minimum absolute atomic E-state index is 0.0970. The molecule has 0 bridgehead atoms. The quantitative estimate of drug-likeness (QED) is 0.598. The number of hydrogen-bond acceptors (Lipinski definition) is 3. The van der Waals surface area contributed by atoms with Crippen LogP contribution < -0.4 is 10.6 Å². The van der Waals surface area contributed by atoms with Gasteiger partial charge in [0.25, 0.3) is 0 Å². The van der Waals surface area contributed by atoms with Gasteiger partial charge in [0.1, 0.15) is 11.8 Å². The van der Waals surface area contributed by atoms with Crippen molar-refractivity contribution >= 4 is 18.1 Å². The Morgan fingerprint density at radius 1 is 1.36 bits per heavy atom. The Kier molecular flexibility index (Phi) is 3.96. The Bertz CT molecular complexity index is 522. The van der Waals surface area contributed by atoms with E-state index in [1.54, 1.807) is 6.08 Å². The predicted octanol–water partition coefficient (Wildman–Crippen LogP) is 1.58. The summed E-state index contributed by atoms with van der Waals surface area (Å²) in [4.78, 5) is 36.7. The zero-order valence-corrected chi connectivity index (χ0v) is 13.9. The first kappa shape index (κ1) is 16.7. The highest BCUT2D eigenvalue weighted by molar-refractivity contribution is 5.98. The monoisotopic (exact) mass is 306 g/mol. The van der Waals surface area contributed by atoms with Crippen molar-refractivity contribution in [2.45, 2.75) is 58.0 Å². The SMILES string of the molecule is C=CCC1C[C@@H]2C[C@]2(C=O)C1(NC(C)=O)C(=O)NC(C)(C)C. The van der Waals surface area contributed by atoms with Crippen LogP contribution in [0.1, 0.15) is 47.0 Å². The van der Waals surface area contributed by atoms with E-state index in [1.807, 2.05) is 20.8 Å². The van der Waals surface area contributed by atoms with Gasteiger partial charge >= 0.3 is 0 Å². The fourth-order valence-electron chi connectivity index (χ4n) is 4.13. The summed E-state index contributed by atoms with van der Waals surface area (Å²) >= 11 is 0. The maximum Gasteiger partial charge on any atom is 0.247 e. The van der Waals surface area contributed by atoms with Crippen LogP contribution in [-0.4, -0.2) is 29.2 Å². The van der Waals surface area contributed by atoms with E-state index < -0.39 is 16.5 Å². The summed E-state index contributed by atoms with van der Waals surface area (Å²) in [6.07, 6.45) is 4.68. The van der Waals surface area contributed by atoms with Crippen LogP contribution in [0.15, 0.2) is 12.7 Å². The second-order valence-corrected chi connectivity index (χ2v) is 7.71. The highest BCUT2D eigenvalue weighted by Crippen LogP contribution is 2.69. The molecule has 0 saturated heterocycles. The molecule has 122 valence electrons. The second-order valence-electron chi connectivity index (χ2n) is 7.71. The molecule has 2 fully saturated rings. The third-order valence-corrected chi connectivity index (χ3v) is 4.95. The largest absolute Gasteiger partial charge is 0.349 e. The van der Waals surface area contributed by atoms with Gasteiger partial charge in [0.15, 0.2) is 0 Å². The molecular weight excluding hydrogens is 280 g/mol. The molecule has 0 radical (unpaired) electrons.